The van der Waals surface area contributed by atoms with E-state index in [0.717, 1.165) is 71.3 Å². The highest BCUT2D eigenvalue weighted by molar-refractivity contribution is 5.80. The Labute approximate surface area is 167 Å². The number of carbonyl (C=O) groups is 1. The summed E-state index contributed by atoms with van der Waals surface area (Å²) >= 11 is 0. The number of ether oxygens (including phenoxy) is 1. The topological polar surface area (TPSA) is 83.2 Å². The summed E-state index contributed by atoms with van der Waals surface area (Å²) in [5, 5.41) is 3.49. The Balaban J connectivity index is 1.53. The maximum atomic E-state index is 11.2. The fraction of sp³-hybridized carbons (Fsp3) is 0.619. The Bertz CT molecular complexity index is 673. The molecule has 3 rings (SSSR count). The number of hydrogen-bond donors (Lipinski definition) is 2. The first-order valence-corrected chi connectivity index (χ1v) is 10.3. The van der Waals surface area contributed by atoms with Gasteiger partial charge in [-0.1, -0.05) is 24.3 Å². The van der Waals surface area contributed by atoms with Crippen LogP contribution in [0.3, 0.4) is 0 Å². The third kappa shape index (κ3) is 6.21. The number of piperidine rings is 1. The van der Waals surface area contributed by atoms with E-state index in [-0.39, 0.29) is 5.91 Å². The van der Waals surface area contributed by atoms with Gasteiger partial charge in [0.25, 0.3) is 0 Å². The number of carbonyl (C=O) groups excluding carboxylic acids is 1. The fourth-order valence-electron chi connectivity index (χ4n) is 4.08. The van der Waals surface area contributed by atoms with Gasteiger partial charge in [-0.2, -0.15) is 0 Å². The second kappa shape index (κ2) is 10.4. The van der Waals surface area contributed by atoms with Crippen molar-refractivity contribution >= 4 is 11.9 Å². The highest BCUT2D eigenvalue weighted by Gasteiger charge is 2.23. The molecule has 3 N–H and O–H groups in total. The van der Waals surface area contributed by atoms with Gasteiger partial charge in [0.2, 0.25) is 5.91 Å². The van der Waals surface area contributed by atoms with Gasteiger partial charge in [0.1, 0.15) is 0 Å². The van der Waals surface area contributed by atoms with Crippen LogP contribution in [0.5, 0.6) is 0 Å². The van der Waals surface area contributed by atoms with Crippen molar-refractivity contribution in [1.82, 2.24) is 15.1 Å². The van der Waals surface area contributed by atoms with Crippen LogP contribution in [0.4, 0.5) is 0 Å². The van der Waals surface area contributed by atoms with Crippen molar-refractivity contribution in [2.45, 2.75) is 32.4 Å². The average molecular weight is 388 g/mol. The summed E-state index contributed by atoms with van der Waals surface area (Å²) in [6.45, 7) is 7.14. The van der Waals surface area contributed by atoms with Crippen LogP contribution in [-0.2, 0) is 22.6 Å². The number of primary amides is 1. The first-order valence-electron chi connectivity index (χ1n) is 10.3. The molecule has 2 heterocycles. The predicted molar refractivity (Wildman–Crippen MR) is 111 cm³/mol. The second-order valence-electron chi connectivity index (χ2n) is 7.73. The summed E-state index contributed by atoms with van der Waals surface area (Å²) in [4.78, 5) is 20.4. The third-order valence-electron chi connectivity index (χ3n) is 5.47. The van der Waals surface area contributed by atoms with Gasteiger partial charge >= 0.3 is 0 Å². The molecule has 1 aromatic carbocycles. The van der Waals surface area contributed by atoms with Gasteiger partial charge in [-0.3, -0.25) is 14.7 Å². The van der Waals surface area contributed by atoms with Crippen LogP contribution in [-0.4, -0.2) is 68.1 Å². The molecule has 0 spiro atoms. The Morgan fingerprint density at radius 3 is 2.82 bits per heavy atom. The van der Waals surface area contributed by atoms with Crippen LogP contribution in [0.2, 0.25) is 0 Å². The van der Waals surface area contributed by atoms with E-state index in [1.54, 1.807) is 0 Å². The van der Waals surface area contributed by atoms with Gasteiger partial charge in [0.05, 0.1) is 13.2 Å². The summed E-state index contributed by atoms with van der Waals surface area (Å²) in [7, 11) is 1.81. The highest BCUT2D eigenvalue weighted by atomic mass is 16.5. The smallest absolute Gasteiger partial charge is 0.217 e. The first kappa shape index (κ1) is 20.6. The molecule has 0 aliphatic carbocycles. The molecule has 0 radical (unpaired) electrons. The summed E-state index contributed by atoms with van der Waals surface area (Å²) in [5.74, 6) is 1.00. The van der Waals surface area contributed by atoms with Crippen LogP contribution < -0.4 is 11.1 Å². The summed E-state index contributed by atoms with van der Waals surface area (Å²) < 4.78 is 5.43. The van der Waals surface area contributed by atoms with Crippen molar-refractivity contribution in [2.24, 2.45) is 16.6 Å². The van der Waals surface area contributed by atoms with Crippen molar-refractivity contribution in [1.29, 1.82) is 0 Å². The minimum Gasteiger partial charge on any atom is -0.379 e. The molecule has 0 saturated carbocycles. The molecule has 0 bridgehead atoms. The van der Waals surface area contributed by atoms with Gasteiger partial charge in [-0.15, -0.1) is 0 Å². The lowest BCUT2D eigenvalue weighted by atomic mass is 9.95. The molecule has 2 aliphatic heterocycles. The molecule has 2 fully saturated rings. The van der Waals surface area contributed by atoms with Gasteiger partial charge in [-0.05, 0) is 29.9 Å². The van der Waals surface area contributed by atoms with Crippen LogP contribution in [0.25, 0.3) is 0 Å². The number of hydrogen-bond acceptors (Lipinski definition) is 4. The van der Waals surface area contributed by atoms with E-state index in [1.165, 1.54) is 11.1 Å². The molecule has 28 heavy (non-hydrogen) atoms. The molecule has 1 unspecified atom stereocenters. The number of guanidine groups is 1. The number of nitrogens with zero attached hydrogens (tertiary/aromatic N) is 3. The normalized spacial score (nSPS) is 21.5. The molecule has 2 saturated heterocycles. The zero-order chi connectivity index (χ0) is 19.8. The molecule has 154 valence electrons. The summed E-state index contributed by atoms with van der Waals surface area (Å²) in [6, 6.07) is 8.73. The van der Waals surface area contributed by atoms with Gasteiger partial charge in [0.15, 0.2) is 5.96 Å². The number of benzene rings is 1. The number of nitrogens with two attached hydrogens (primary N) is 1. The van der Waals surface area contributed by atoms with Crippen molar-refractivity contribution in [3.63, 3.8) is 0 Å². The number of rotatable bonds is 6. The first-order chi connectivity index (χ1) is 13.6. The lowest BCUT2D eigenvalue weighted by molar-refractivity contribution is -0.119. The van der Waals surface area contributed by atoms with E-state index in [0.29, 0.717) is 12.3 Å². The Morgan fingerprint density at radius 1 is 1.29 bits per heavy atom. The zero-order valence-corrected chi connectivity index (χ0v) is 16.9. The predicted octanol–water partition coefficient (Wildman–Crippen LogP) is 1.18. The Hall–Kier alpha value is -2.12. The molecule has 1 atom stereocenters. The van der Waals surface area contributed by atoms with E-state index >= 15 is 0 Å². The van der Waals surface area contributed by atoms with Crippen molar-refractivity contribution in [2.75, 3.05) is 46.4 Å². The second-order valence-corrected chi connectivity index (χ2v) is 7.73. The minimum absolute atomic E-state index is 0.216. The summed E-state index contributed by atoms with van der Waals surface area (Å²) in [5.41, 5.74) is 7.96. The number of likely N-dealkylation sites (tertiary alicyclic amines) is 1. The molecule has 1 aromatic rings. The van der Waals surface area contributed by atoms with Crippen molar-refractivity contribution in [3.05, 3.63) is 35.4 Å². The van der Waals surface area contributed by atoms with E-state index in [2.05, 4.69) is 44.4 Å². The van der Waals surface area contributed by atoms with Crippen LogP contribution in [0, 0.1) is 5.92 Å². The van der Waals surface area contributed by atoms with E-state index in [4.69, 9.17) is 10.5 Å². The quantitative estimate of drug-likeness (QED) is 0.566. The molecule has 7 nitrogen and oxygen atoms in total. The molecule has 1 amide bonds. The Morgan fingerprint density at radius 2 is 2.07 bits per heavy atom. The lowest BCUT2D eigenvalue weighted by Crippen LogP contribution is -2.46. The Kier molecular flexibility index (Phi) is 7.68. The third-order valence-corrected chi connectivity index (χ3v) is 5.47. The summed E-state index contributed by atoms with van der Waals surface area (Å²) in [6.07, 6.45) is 2.57. The maximum absolute atomic E-state index is 11.2. The number of morpholine rings is 1. The maximum Gasteiger partial charge on any atom is 0.217 e. The van der Waals surface area contributed by atoms with Crippen molar-refractivity contribution in [3.8, 4) is 0 Å². The van der Waals surface area contributed by atoms with E-state index in [9.17, 15) is 4.79 Å². The largest absolute Gasteiger partial charge is 0.379 e. The molecule has 7 heteroatoms. The van der Waals surface area contributed by atoms with Gasteiger partial charge in [0, 0.05) is 52.7 Å². The highest BCUT2D eigenvalue weighted by Crippen LogP contribution is 2.19. The molecule has 2 aliphatic rings. The standard InChI is InChI=1S/C21H33N5O2/c1-23-21(26-7-3-6-19(16-26)13-20(22)27)24-14-17-4-2-5-18(12-17)15-25-8-10-28-11-9-25/h2,4-5,12,19H,3,6-11,13-16H2,1H3,(H2,22,27)(H,23,24). The average Bonchev–Trinajstić information content (AvgIpc) is 2.69. The van der Waals surface area contributed by atoms with Crippen molar-refractivity contribution < 1.29 is 9.53 Å². The minimum atomic E-state index is -0.216. The number of aliphatic imine (C=N–C) groups is 1. The number of nitrogens with one attached hydrogen (secondary N) is 1. The van der Waals surface area contributed by atoms with Gasteiger partial charge in [-0.25, -0.2) is 0 Å². The SMILES string of the molecule is CN=C(NCc1cccc(CN2CCOCC2)c1)N1CCCC(CC(N)=O)C1. The van der Waals surface area contributed by atoms with E-state index < -0.39 is 0 Å². The lowest BCUT2D eigenvalue weighted by Gasteiger charge is -2.34. The monoisotopic (exact) mass is 387 g/mol. The molecular weight excluding hydrogens is 354 g/mol. The van der Waals surface area contributed by atoms with Gasteiger partial charge < -0.3 is 20.7 Å². The molecule has 0 aromatic heterocycles. The zero-order valence-electron chi connectivity index (χ0n) is 16.9. The fourth-order valence-corrected chi connectivity index (χ4v) is 4.08. The van der Waals surface area contributed by atoms with E-state index in [1.807, 2.05) is 7.05 Å². The van der Waals surface area contributed by atoms with Crippen LogP contribution in [0.1, 0.15) is 30.4 Å². The van der Waals surface area contributed by atoms with Crippen LogP contribution in [0.15, 0.2) is 29.3 Å². The number of amides is 1. The van der Waals surface area contributed by atoms with Crippen LogP contribution >= 0.6 is 0 Å². The molecular formula is C21H33N5O2.